The summed E-state index contributed by atoms with van der Waals surface area (Å²) in [6, 6.07) is 0. The summed E-state index contributed by atoms with van der Waals surface area (Å²) < 4.78 is 0. The van der Waals surface area contributed by atoms with Gasteiger partial charge in [0.25, 0.3) is 0 Å². The summed E-state index contributed by atoms with van der Waals surface area (Å²) >= 11 is 0. The summed E-state index contributed by atoms with van der Waals surface area (Å²) in [5, 5.41) is 8.51. The van der Waals surface area contributed by atoms with Crippen LogP contribution in [0.5, 0.6) is 0 Å². The summed E-state index contributed by atoms with van der Waals surface area (Å²) in [7, 11) is 2.14. The molecule has 0 spiro atoms. The van der Waals surface area contributed by atoms with Gasteiger partial charge in [-0.1, -0.05) is 19.8 Å². The van der Waals surface area contributed by atoms with Crippen molar-refractivity contribution in [1.82, 2.24) is 4.90 Å². The van der Waals surface area contributed by atoms with Crippen LogP contribution in [0.15, 0.2) is 0 Å². The SMILES string of the molecule is CCN(C)CCCCCCO. The Labute approximate surface area is 70.2 Å². The Morgan fingerprint density at radius 2 is 1.73 bits per heavy atom. The molecule has 0 aromatic heterocycles. The topological polar surface area (TPSA) is 23.5 Å². The van der Waals surface area contributed by atoms with Gasteiger partial charge in [0.1, 0.15) is 0 Å². The van der Waals surface area contributed by atoms with Gasteiger partial charge >= 0.3 is 0 Å². The predicted molar refractivity (Wildman–Crippen MR) is 48.7 cm³/mol. The third-order valence-electron chi connectivity index (χ3n) is 1.99. The predicted octanol–water partition coefficient (Wildman–Crippen LogP) is 1.49. The molecule has 0 amide bonds. The first-order valence-electron chi connectivity index (χ1n) is 4.60. The van der Waals surface area contributed by atoms with Gasteiger partial charge in [0, 0.05) is 6.61 Å². The van der Waals surface area contributed by atoms with Crippen LogP contribution in [0.2, 0.25) is 0 Å². The van der Waals surface area contributed by atoms with Gasteiger partial charge in [0.2, 0.25) is 0 Å². The van der Waals surface area contributed by atoms with Crippen molar-refractivity contribution in [3.63, 3.8) is 0 Å². The normalized spacial score (nSPS) is 10.9. The van der Waals surface area contributed by atoms with Crippen molar-refractivity contribution < 1.29 is 5.11 Å². The molecule has 0 atom stereocenters. The maximum atomic E-state index is 8.51. The Hall–Kier alpha value is -0.0800. The van der Waals surface area contributed by atoms with Crippen molar-refractivity contribution in [1.29, 1.82) is 0 Å². The Balaban J connectivity index is 2.89. The molecule has 2 nitrogen and oxygen atoms in total. The van der Waals surface area contributed by atoms with Crippen LogP contribution in [-0.2, 0) is 0 Å². The molecule has 0 aliphatic rings. The van der Waals surface area contributed by atoms with Crippen molar-refractivity contribution in [3.8, 4) is 0 Å². The van der Waals surface area contributed by atoms with Crippen molar-refractivity contribution in [3.05, 3.63) is 0 Å². The molecule has 11 heavy (non-hydrogen) atoms. The number of rotatable bonds is 7. The van der Waals surface area contributed by atoms with E-state index < -0.39 is 0 Å². The summed E-state index contributed by atoms with van der Waals surface area (Å²) in [6.45, 7) is 4.86. The Morgan fingerprint density at radius 3 is 2.27 bits per heavy atom. The van der Waals surface area contributed by atoms with E-state index in [9.17, 15) is 0 Å². The number of hydrogen-bond donors (Lipinski definition) is 1. The highest BCUT2D eigenvalue weighted by atomic mass is 16.2. The van der Waals surface area contributed by atoms with E-state index >= 15 is 0 Å². The lowest BCUT2D eigenvalue weighted by Gasteiger charge is -2.12. The highest BCUT2D eigenvalue weighted by Gasteiger charge is 1.93. The Bertz CT molecular complexity index is 76.0. The minimum absolute atomic E-state index is 0.351. The van der Waals surface area contributed by atoms with Crippen LogP contribution in [-0.4, -0.2) is 36.8 Å². The fourth-order valence-corrected chi connectivity index (χ4v) is 1.01. The molecule has 0 aliphatic carbocycles. The van der Waals surface area contributed by atoms with Gasteiger partial charge < -0.3 is 10.0 Å². The second-order valence-electron chi connectivity index (χ2n) is 3.03. The zero-order chi connectivity index (χ0) is 8.53. The van der Waals surface area contributed by atoms with Crippen LogP contribution in [0.4, 0.5) is 0 Å². The molecule has 0 aromatic rings. The van der Waals surface area contributed by atoms with E-state index in [-0.39, 0.29) is 0 Å². The van der Waals surface area contributed by atoms with E-state index in [2.05, 4.69) is 18.9 Å². The number of nitrogens with zero attached hydrogens (tertiary/aromatic N) is 1. The highest BCUT2D eigenvalue weighted by molar-refractivity contribution is 4.48. The molecule has 0 radical (unpaired) electrons. The first kappa shape index (κ1) is 10.9. The van der Waals surface area contributed by atoms with Gasteiger partial charge in [-0.2, -0.15) is 0 Å². The van der Waals surface area contributed by atoms with E-state index in [1.54, 1.807) is 0 Å². The third-order valence-corrected chi connectivity index (χ3v) is 1.99. The molecule has 2 heteroatoms. The minimum Gasteiger partial charge on any atom is -0.396 e. The second kappa shape index (κ2) is 8.02. The van der Waals surface area contributed by atoms with E-state index in [1.165, 1.54) is 25.8 Å². The standard InChI is InChI=1S/C9H21NO/c1-3-10(2)8-6-4-5-7-9-11/h11H,3-9H2,1-2H3. The zero-order valence-corrected chi connectivity index (χ0v) is 7.84. The van der Waals surface area contributed by atoms with Gasteiger partial charge in [-0.15, -0.1) is 0 Å². The molecule has 0 aromatic carbocycles. The van der Waals surface area contributed by atoms with Crippen molar-refractivity contribution in [2.45, 2.75) is 32.6 Å². The van der Waals surface area contributed by atoms with Crippen LogP contribution in [0.25, 0.3) is 0 Å². The molecule has 0 saturated carbocycles. The number of hydrogen-bond acceptors (Lipinski definition) is 2. The monoisotopic (exact) mass is 159 g/mol. The number of unbranched alkanes of at least 4 members (excludes halogenated alkanes) is 3. The van der Waals surface area contributed by atoms with Crippen LogP contribution in [0, 0.1) is 0 Å². The molecule has 0 rings (SSSR count). The summed E-state index contributed by atoms with van der Waals surface area (Å²) in [4.78, 5) is 2.32. The summed E-state index contributed by atoms with van der Waals surface area (Å²) in [6.07, 6.45) is 4.67. The molecule has 68 valence electrons. The average Bonchev–Trinajstić information content (AvgIpc) is 2.04. The highest BCUT2D eigenvalue weighted by Crippen LogP contribution is 1.99. The average molecular weight is 159 g/mol. The maximum Gasteiger partial charge on any atom is 0.0431 e. The van der Waals surface area contributed by atoms with E-state index in [0.717, 1.165) is 13.0 Å². The largest absolute Gasteiger partial charge is 0.396 e. The molecular weight excluding hydrogens is 138 g/mol. The van der Waals surface area contributed by atoms with E-state index in [0.29, 0.717) is 6.61 Å². The number of aliphatic hydroxyl groups is 1. The molecule has 1 N–H and O–H groups in total. The molecular formula is C9H21NO. The zero-order valence-electron chi connectivity index (χ0n) is 7.84. The van der Waals surface area contributed by atoms with Gasteiger partial charge in [0.15, 0.2) is 0 Å². The van der Waals surface area contributed by atoms with Crippen molar-refractivity contribution in [2.75, 3.05) is 26.7 Å². The second-order valence-corrected chi connectivity index (χ2v) is 3.03. The van der Waals surface area contributed by atoms with Gasteiger partial charge in [-0.25, -0.2) is 0 Å². The third kappa shape index (κ3) is 7.82. The van der Waals surface area contributed by atoms with Crippen molar-refractivity contribution >= 4 is 0 Å². The molecule has 0 bridgehead atoms. The van der Waals surface area contributed by atoms with E-state index in [4.69, 9.17) is 5.11 Å². The molecule has 0 saturated heterocycles. The fraction of sp³-hybridized carbons (Fsp3) is 1.00. The fourth-order valence-electron chi connectivity index (χ4n) is 1.01. The smallest absolute Gasteiger partial charge is 0.0431 e. The maximum absolute atomic E-state index is 8.51. The van der Waals surface area contributed by atoms with Crippen LogP contribution in [0.1, 0.15) is 32.6 Å². The lowest BCUT2D eigenvalue weighted by molar-refractivity contribution is 0.279. The first-order chi connectivity index (χ1) is 5.31. The van der Waals surface area contributed by atoms with Gasteiger partial charge in [-0.3, -0.25) is 0 Å². The quantitative estimate of drug-likeness (QED) is 0.569. The van der Waals surface area contributed by atoms with Gasteiger partial charge in [0.05, 0.1) is 0 Å². The van der Waals surface area contributed by atoms with Gasteiger partial charge in [-0.05, 0) is 33.0 Å². The number of aliphatic hydroxyl groups excluding tert-OH is 1. The Morgan fingerprint density at radius 1 is 1.09 bits per heavy atom. The summed E-state index contributed by atoms with van der Waals surface area (Å²) in [5.74, 6) is 0. The minimum atomic E-state index is 0.351. The summed E-state index contributed by atoms with van der Waals surface area (Å²) in [5.41, 5.74) is 0. The molecule has 0 unspecified atom stereocenters. The van der Waals surface area contributed by atoms with Crippen LogP contribution in [0.3, 0.4) is 0 Å². The Kier molecular flexibility index (Phi) is 7.96. The van der Waals surface area contributed by atoms with Crippen LogP contribution >= 0.6 is 0 Å². The molecule has 0 heterocycles. The lowest BCUT2D eigenvalue weighted by atomic mass is 10.2. The first-order valence-corrected chi connectivity index (χ1v) is 4.60. The van der Waals surface area contributed by atoms with Crippen molar-refractivity contribution in [2.24, 2.45) is 0 Å². The lowest BCUT2D eigenvalue weighted by Crippen LogP contribution is -2.18. The van der Waals surface area contributed by atoms with Crippen LogP contribution < -0.4 is 0 Å². The molecule has 0 fully saturated rings. The molecule has 0 aliphatic heterocycles. The van der Waals surface area contributed by atoms with E-state index in [1.807, 2.05) is 0 Å².